The van der Waals surface area contributed by atoms with Gasteiger partial charge in [-0.25, -0.2) is 8.42 Å². The van der Waals surface area contributed by atoms with E-state index in [9.17, 15) is 18.0 Å². The average Bonchev–Trinajstić information content (AvgIpc) is 2.91. The van der Waals surface area contributed by atoms with Crippen LogP contribution in [0, 0.1) is 0 Å². The van der Waals surface area contributed by atoms with Crippen molar-refractivity contribution in [3.8, 4) is 0 Å². The minimum absolute atomic E-state index is 0.000959. The third kappa shape index (κ3) is 7.66. The van der Waals surface area contributed by atoms with Crippen molar-refractivity contribution in [1.82, 2.24) is 10.2 Å². The van der Waals surface area contributed by atoms with Gasteiger partial charge in [0.15, 0.2) is 0 Å². The van der Waals surface area contributed by atoms with E-state index < -0.39 is 28.5 Å². The minimum atomic E-state index is -4.18. The van der Waals surface area contributed by atoms with Gasteiger partial charge in [0.1, 0.15) is 12.6 Å². The molecule has 3 aromatic carbocycles. The number of anilines is 1. The van der Waals surface area contributed by atoms with E-state index in [-0.39, 0.29) is 29.1 Å². The molecule has 208 valence electrons. The molecule has 2 atom stereocenters. The Hall–Kier alpha value is -2.78. The van der Waals surface area contributed by atoms with Gasteiger partial charge in [0.05, 0.1) is 10.6 Å². The number of nitrogens with one attached hydrogen (secondary N) is 1. The van der Waals surface area contributed by atoms with E-state index in [0.29, 0.717) is 27.1 Å². The molecule has 0 heterocycles. The highest BCUT2D eigenvalue weighted by atomic mass is 35.5. The smallest absolute Gasteiger partial charge is 0.264 e. The Bertz CT molecular complexity index is 1400. The Morgan fingerprint density at radius 3 is 2.10 bits per heavy atom. The molecule has 0 spiro atoms. The van der Waals surface area contributed by atoms with Crippen LogP contribution < -0.4 is 9.62 Å². The standard InChI is InChI=1S/C28H30Cl3N3O4S/c1-4-19(2)32-28(36)20(3)33(17-24-25(30)14-9-15-26(24)31)27(35)18-34(22-11-8-10-21(29)16-22)39(37,38)23-12-6-5-7-13-23/h5-16,19-20H,4,17-18H2,1-3H3,(H,32,36)/t19-,20+/m0/s1. The summed E-state index contributed by atoms with van der Waals surface area (Å²) in [6, 6.07) is 17.8. The number of carbonyl (C=O) groups excluding carboxylic acids is 2. The molecule has 0 aromatic heterocycles. The van der Waals surface area contributed by atoms with Gasteiger partial charge in [-0.05, 0) is 62.7 Å². The summed E-state index contributed by atoms with van der Waals surface area (Å²) < 4.78 is 28.5. The highest BCUT2D eigenvalue weighted by molar-refractivity contribution is 7.92. The summed E-state index contributed by atoms with van der Waals surface area (Å²) >= 11 is 19.0. The zero-order valence-corrected chi connectivity index (χ0v) is 24.9. The Labute approximate surface area is 244 Å². The first-order valence-corrected chi connectivity index (χ1v) is 14.9. The molecule has 0 unspecified atom stereocenters. The zero-order chi connectivity index (χ0) is 28.7. The number of nitrogens with zero attached hydrogens (tertiary/aromatic N) is 2. The van der Waals surface area contributed by atoms with Gasteiger partial charge >= 0.3 is 0 Å². The van der Waals surface area contributed by atoms with E-state index >= 15 is 0 Å². The lowest BCUT2D eigenvalue weighted by Crippen LogP contribution is -2.52. The average molecular weight is 611 g/mol. The maximum Gasteiger partial charge on any atom is 0.264 e. The van der Waals surface area contributed by atoms with Crippen LogP contribution in [0.1, 0.15) is 32.8 Å². The number of amides is 2. The highest BCUT2D eigenvalue weighted by Crippen LogP contribution is 2.29. The molecular weight excluding hydrogens is 581 g/mol. The number of carbonyl (C=O) groups is 2. The molecule has 1 N–H and O–H groups in total. The summed E-state index contributed by atoms with van der Waals surface area (Å²) in [7, 11) is -4.18. The second kappa shape index (κ2) is 13.5. The van der Waals surface area contributed by atoms with Crippen LogP contribution >= 0.6 is 34.8 Å². The molecule has 11 heteroatoms. The van der Waals surface area contributed by atoms with Gasteiger partial charge in [0.2, 0.25) is 11.8 Å². The number of hydrogen-bond donors (Lipinski definition) is 1. The molecule has 39 heavy (non-hydrogen) atoms. The van der Waals surface area contributed by atoms with Gasteiger partial charge < -0.3 is 10.2 Å². The highest BCUT2D eigenvalue weighted by Gasteiger charge is 2.33. The van der Waals surface area contributed by atoms with Crippen LogP contribution in [0.25, 0.3) is 0 Å². The fraction of sp³-hybridized carbons (Fsp3) is 0.286. The van der Waals surface area contributed by atoms with Crippen LogP contribution in [0.5, 0.6) is 0 Å². The summed E-state index contributed by atoms with van der Waals surface area (Å²) in [6.45, 7) is 4.66. The zero-order valence-electron chi connectivity index (χ0n) is 21.8. The third-order valence-electron chi connectivity index (χ3n) is 6.26. The molecule has 0 fully saturated rings. The summed E-state index contributed by atoms with van der Waals surface area (Å²) in [5, 5.41) is 3.82. The number of rotatable bonds is 11. The summed E-state index contributed by atoms with van der Waals surface area (Å²) in [5.74, 6) is -1.02. The Morgan fingerprint density at radius 2 is 1.51 bits per heavy atom. The molecule has 0 saturated carbocycles. The van der Waals surface area contributed by atoms with Gasteiger partial charge in [0, 0.05) is 33.2 Å². The van der Waals surface area contributed by atoms with Crippen molar-refractivity contribution in [3.63, 3.8) is 0 Å². The molecule has 7 nitrogen and oxygen atoms in total. The van der Waals surface area contributed by atoms with E-state index in [0.717, 1.165) is 4.31 Å². The third-order valence-corrected chi connectivity index (χ3v) is 9.00. The number of halogens is 3. The van der Waals surface area contributed by atoms with Crippen LogP contribution in [-0.2, 0) is 26.2 Å². The van der Waals surface area contributed by atoms with Crippen LogP contribution in [-0.4, -0.2) is 43.8 Å². The molecular formula is C28H30Cl3N3O4S. The van der Waals surface area contributed by atoms with Crippen molar-refractivity contribution < 1.29 is 18.0 Å². The largest absolute Gasteiger partial charge is 0.352 e. The van der Waals surface area contributed by atoms with Gasteiger partial charge in [-0.1, -0.05) is 72.1 Å². The Morgan fingerprint density at radius 1 is 0.897 bits per heavy atom. The number of benzene rings is 3. The molecule has 0 aliphatic carbocycles. The molecule has 0 saturated heterocycles. The monoisotopic (exact) mass is 609 g/mol. The van der Waals surface area contributed by atoms with E-state index in [2.05, 4.69) is 5.32 Å². The van der Waals surface area contributed by atoms with Crippen molar-refractivity contribution in [2.45, 2.75) is 50.7 Å². The maximum atomic E-state index is 13.9. The second-order valence-corrected chi connectivity index (χ2v) is 12.1. The first kappa shape index (κ1) is 30.8. The topological polar surface area (TPSA) is 86.8 Å². The van der Waals surface area contributed by atoms with Crippen LogP contribution in [0.3, 0.4) is 0 Å². The van der Waals surface area contributed by atoms with Crippen LogP contribution in [0.4, 0.5) is 5.69 Å². The molecule has 3 rings (SSSR count). The lowest BCUT2D eigenvalue weighted by atomic mass is 10.1. The van der Waals surface area contributed by atoms with E-state index in [1.807, 2.05) is 13.8 Å². The first-order valence-electron chi connectivity index (χ1n) is 12.3. The lowest BCUT2D eigenvalue weighted by molar-refractivity contribution is -0.139. The van der Waals surface area contributed by atoms with Crippen molar-refractivity contribution in [1.29, 1.82) is 0 Å². The molecule has 0 radical (unpaired) electrons. The SMILES string of the molecule is CC[C@H](C)NC(=O)[C@@H](C)N(Cc1c(Cl)cccc1Cl)C(=O)CN(c1cccc(Cl)c1)S(=O)(=O)c1ccccc1. The van der Waals surface area contributed by atoms with Gasteiger partial charge in [-0.3, -0.25) is 13.9 Å². The second-order valence-electron chi connectivity index (χ2n) is 9.02. The number of hydrogen-bond acceptors (Lipinski definition) is 4. The summed E-state index contributed by atoms with van der Waals surface area (Å²) in [6.07, 6.45) is 0.695. The van der Waals surface area contributed by atoms with E-state index in [1.165, 1.54) is 23.1 Å². The van der Waals surface area contributed by atoms with Crippen LogP contribution in [0.15, 0.2) is 77.7 Å². The quantitative estimate of drug-likeness (QED) is 0.281. The minimum Gasteiger partial charge on any atom is -0.352 e. The van der Waals surface area contributed by atoms with Crippen molar-refractivity contribution >= 4 is 62.3 Å². The predicted octanol–water partition coefficient (Wildman–Crippen LogP) is 6.17. The van der Waals surface area contributed by atoms with Gasteiger partial charge in [0.25, 0.3) is 10.0 Å². The summed E-state index contributed by atoms with van der Waals surface area (Å²) in [5.41, 5.74) is 0.643. The first-order chi connectivity index (χ1) is 18.4. The van der Waals surface area contributed by atoms with Crippen molar-refractivity contribution in [2.75, 3.05) is 10.8 Å². The lowest BCUT2D eigenvalue weighted by Gasteiger charge is -2.32. The summed E-state index contributed by atoms with van der Waals surface area (Å²) in [4.78, 5) is 28.3. The van der Waals surface area contributed by atoms with Crippen molar-refractivity contribution in [3.05, 3.63) is 93.4 Å². The van der Waals surface area contributed by atoms with Gasteiger partial charge in [-0.15, -0.1) is 0 Å². The Kier molecular flexibility index (Phi) is 10.7. The molecule has 3 aromatic rings. The normalized spacial score (nSPS) is 12.9. The van der Waals surface area contributed by atoms with Crippen molar-refractivity contribution in [2.24, 2.45) is 0 Å². The van der Waals surface area contributed by atoms with E-state index in [1.54, 1.807) is 61.5 Å². The fourth-order valence-electron chi connectivity index (χ4n) is 3.78. The molecule has 0 aliphatic heterocycles. The number of sulfonamides is 1. The fourth-order valence-corrected chi connectivity index (χ4v) is 5.91. The van der Waals surface area contributed by atoms with Crippen LogP contribution in [0.2, 0.25) is 15.1 Å². The molecule has 0 bridgehead atoms. The molecule has 2 amide bonds. The Balaban J connectivity index is 2.06. The maximum absolute atomic E-state index is 13.9. The predicted molar refractivity (Wildman–Crippen MR) is 157 cm³/mol. The van der Waals surface area contributed by atoms with E-state index in [4.69, 9.17) is 34.8 Å². The van der Waals surface area contributed by atoms with Gasteiger partial charge in [-0.2, -0.15) is 0 Å². The molecule has 0 aliphatic rings.